The molecule has 5 nitrogen and oxygen atoms in total. The molecule has 2 N–H and O–H groups in total. The van der Waals surface area contributed by atoms with Crippen molar-refractivity contribution in [3.8, 4) is 0 Å². The van der Waals surface area contributed by atoms with Crippen molar-refractivity contribution in [3.05, 3.63) is 30.1 Å². The number of fused-ring (bicyclic) bond motifs is 1. The lowest BCUT2D eigenvalue weighted by Crippen LogP contribution is -2.32. The molecule has 2 rings (SSSR count). The van der Waals surface area contributed by atoms with Crippen molar-refractivity contribution in [1.29, 1.82) is 0 Å². The molecule has 1 unspecified atom stereocenters. The fourth-order valence-corrected chi connectivity index (χ4v) is 3.21. The number of sulfone groups is 1. The number of aromatic nitrogens is 2. The topological polar surface area (TPSA) is 78.0 Å². The fourth-order valence-electron chi connectivity index (χ4n) is 2.32. The summed E-state index contributed by atoms with van der Waals surface area (Å²) in [4.78, 5) is 4.54. The molecule has 1 heterocycles. The Balaban J connectivity index is 2.30. The van der Waals surface area contributed by atoms with Gasteiger partial charge < -0.3 is 10.3 Å². The van der Waals surface area contributed by atoms with Crippen LogP contribution in [-0.2, 0) is 22.8 Å². The number of benzene rings is 1. The summed E-state index contributed by atoms with van der Waals surface area (Å²) in [7, 11) is -3.06. The Labute approximate surface area is 113 Å². The fraction of sp³-hybridized carbons (Fsp3) is 0.462. The highest BCUT2D eigenvalue weighted by Crippen LogP contribution is 2.16. The molecule has 0 saturated carbocycles. The second-order valence-corrected chi connectivity index (χ2v) is 7.00. The minimum absolute atomic E-state index is 0.0140. The van der Waals surface area contributed by atoms with Gasteiger partial charge in [-0.15, -0.1) is 0 Å². The summed E-state index contributed by atoms with van der Waals surface area (Å²) in [5.74, 6) is 0.833. The molecule has 104 valence electrons. The van der Waals surface area contributed by atoms with Crippen LogP contribution in [0.1, 0.15) is 12.7 Å². The van der Waals surface area contributed by atoms with Gasteiger partial charge in [-0.05, 0) is 19.1 Å². The molecule has 0 aliphatic rings. The predicted molar refractivity (Wildman–Crippen MR) is 76.8 cm³/mol. The zero-order valence-electron chi connectivity index (χ0n) is 11.2. The van der Waals surface area contributed by atoms with Gasteiger partial charge in [0.1, 0.15) is 15.7 Å². The number of para-hydroxylation sites is 2. The van der Waals surface area contributed by atoms with Gasteiger partial charge in [0.05, 0.1) is 16.8 Å². The molecule has 0 saturated heterocycles. The molecule has 6 heteroatoms. The summed E-state index contributed by atoms with van der Waals surface area (Å²) in [5, 5.41) is 0. The second-order valence-electron chi connectivity index (χ2n) is 4.82. The van der Waals surface area contributed by atoms with E-state index in [0.29, 0.717) is 6.42 Å². The van der Waals surface area contributed by atoms with Gasteiger partial charge in [-0.2, -0.15) is 0 Å². The van der Waals surface area contributed by atoms with Crippen LogP contribution < -0.4 is 5.73 Å². The smallest absolute Gasteiger partial charge is 0.148 e. The van der Waals surface area contributed by atoms with E-state index in [2.05, 4.69) is 9.55 Å². The van der Waals surface area contributed by atoms with Crippen LogP contribution in [0.15, 0.2) is 24.3 Å². The summed E-state index contributed by atoms with van der Waals surface area (Å²) in [6.07, 6.45) is 1.67. The highest BCUT2D eigenvalue weighted by atomic mass is 32.2. The molecular formula is C13H19N3O2S. The molecule has 2 aromatic rings. The van der Waals surface area contributed by atoms with Gasteiger partial charge in [0.25, 0.3) is 0 Å². The van der Waals surface area contributed by atoms with Crippen LogP contribution in [0, 0.1) is 0 Å². The van der Waals surface area contributed by atoms with Crippen molar-refractivity contribution in [3.63, 3.8) is 0 Å². The maximum absolute atomic E-state index is 11.3. The van der Waals surface area contributed by atoms with Crippen molar-refractivity contribution < 1.29 is 8.42 Å². The summed E-state index contributed by atoms with van der Waals surface area (Å²) in [6, 6.07) is 7.45. The quantitative estimate of drug-likeness (QED) is 0.886. The predicted octanol–water partition coefficient (Wildman–Crippen LogP) is 0.971. The van der Waals surface area contributed by atoms with Crippen molar-refractivity contribution in [2.75, 3.05) is 12.0 Å². The van der Waals surface area contributed by atoms with Crippen molar-refractivity contribution in [2.45, 2.75) is 25.9 Å². The number of hydrogen-bond donors (Lipinski definition) is 1. The summed E-state index contributed by atoms with van der Waals surface area (Å²) >= 11 is 0. The average molecular weight is 281 g/mol. The normalized spacial score (nSPS) is 13.8. The minimum atomic E-state index is -3.06. The van der Waals surface area contributed by atoms with E-state index < -0.39 is 15.9 Å². The van der Waals surface area contributed by atoms with Crippen LogP contribution in [0.2, 0.25) is 0 Å². The maximum Gasteiger partial charge on any atom is 0.148 e. The van der Waals surface area contributed by atoms with Crippen LogP contribution in [-0.4, -0.2) is 36.0 Å². The Morgan fingerprint density at radius 1 is 1.37 bits per heavy atom. The van der Waals surface area contributed by atoms with Gasteiger partial charge >= 0.3 is 0 Å². The van der Waals surface area contributed by atoms with Gasteiger partial charge in [-0.1, -0.05) is 12.1 Å². The Bertz CT molecular complexity index is 676. The zero-order valence-corrected chi connectivity index (χ0v) is 12.0. The lowest BCUT2D eigenvalue weighted by Gasteiger charge is -2.11. The van der Waals surface area contributed by atoms with E-state index in [1.807, 2.05) is 31.2 Å². The monoisotopic (exact) mass is 281 g/mol. The van der Waals surface area contributed by atoms with Crippen LogP contribution in [0.25, 0.3) is 11.0 Å². The first-order chi connectivity index (χ1) is 8.90. The molecule has 0 bridgehead atoms. The van der Waals surface area contributed by atoms with E-state index in [1.54, 1.807) is 0 Å². The molecule has 0 spiro atoms. The van der Waals surface area contributed by atoms with Gasteiger partial charge in [-0.25, -0.2) is 13.4 Å². The summed E-state index contributed by atoms with van der Waals surface area (Å²) in [6.45, 7) is 2.83. The first-order valence-corrected chi connectivity index (χ1v) is 8.34. The summed E-state index contributed by atoms with van der Waals surface area (Å²) < 4.78 is 24.6. The Hall–Kier alpha value is -1.40. The maximum atomic E-state index is 11.3. The van der Waals surface area contributed by atoms with E-state index in [4.69, 9.17) is 5.73 Å². The van der Waals surface area contributed by atoms with Crippen LogP contribution >= 0.6 is 0 Å². The van der Waals surface area contributed by atoms with E-state index in [0.717, 1.165) is 23.4 Å². The Morgan fingerprint density at radius 3 is 2.68 bits per heavy atom. The first-order valence-electron chi connectivity index (χ1n) is 6.28. The Morgan fingerprint density at radius 2 is 2.05 bits per heavy atom. The van der Waals surface area contributed by atoms with Gasteiger partial charge in [0.2, 0.25) is 0 Å². The standard InChI is InChI=1S/C13H19N3O2S/c1-3-16-12-7-5-4-6-11(12)15-13(16)8-10(14)9-19(2,17)18/h4-7,10H,3,8-9,14H2,1-2H3. The van der Waals surface area contributed by atoms with Crippen LogP contribution in [0.3, 0.4) is 0 Å². The highest BCUT2D eigenvalue weighted by Gasteiger charge is 2.16. The third-order valence-electron chi connectivity index (χ3n) is 3.01. The molecule has 0 aliphatic heterocycles. The molecule has 0 fully saturated rings. The largest absolute Gasteiger partial charge is 0.328 e. The first kappa shape index (κ1) is 14.0. The van der Waals surface area contributed by atoms with E-state index in [9.17, 15) is 8.42 Å². The van der Waals surface area contributed by atoms with Gasteiger partial charge in [0, 0.05) is 25.3 Å². The molecule has 1 atom stereocenters. The van der Waals surface area contributed by atoms with Crippen molar-refractivity contribution >= 4 is 20.9 Å². The number of hydrogen-bond acceptors (Lipinski definition) is 4. The molecule has 0 aliphatic carbocycles. The molecule has 1 aromatic carbocycles. The highest BCUT2D eigenvalue weighted by molar-refractivity contribution is 7.90. The number of aryl methyl sites for hydroxylation is 1. The molecular weight excluding hydrogens is 262 g/mol. The second kappa shape index (κ2) is 5.30. The van der Waals surface area contributed by atoms with E-state index in [1.165, 1.54) is 6.26 Å². The number of imidazole rings is 1. The molecule has 1 aromatic heterocycles. The lowest BCUT2D eigenvalue weighted by atomic mass is 10.2. The van der Waals surface area contributed by atoms with Crippen molar-refractivity contribution in [2.24, 2.45) is 5.73 Å². The van der Waals surface area contributed by atoms with Crippen molar-refractivity contribution in [1.82, 2.24) is 9.55 Å². The number of nitrogens with two attached hydrogens (primary N) is 1. The third-order valence-corrected chi connectivity index (χ3v) is 4.05. The minimum Gasteiger partial charge on any atom is -0.328 e. The molecule has 0 amide bonds. The van der Waals surface area contributed by atoms with Crippen LogP contribution in [0.5, 0.6) is 0 Å². The summed E-state index contributed by atoms with van der Waals surface area (Å²) in [5.41, 5.74) is 7.89. The van der Waals surface area contributed by atoms with E-state index in [-0.39, 0.29) is 5.75 Å². The van der Waals surface area contributed by atoms with Crippen LogP contribution in [0.4, 0.5) is 0 Å². The zero-order chi connectivity index (χ0) is 14.0. The SMILES string of the molecule is CCn1c(CC(N)CS(C)(=O)=O)nc2ccccc21. The number of nitrogens with zero attached hydrogens (tertiary/aromatic N) is 2. The average Bonchev–Trinajstić information content (AvgIpc) is 2.63. The van der Waals surface area contributed by atoms with Gasteiger partial charge in [-0.3, -0.25) is 0 Å². The molecule has 0 radical (unpaired) electrons. The Kier molecular flexibility index (Phi) is 3.91. The third kappa shape index (κ3) is 3.33. The van der Waals surface area contributed by atoms with Gasteiger partial charge in [0.15, 0.2) is 0 Å². The lowest BCUT2D eigenvalue weighted by molar-refractivity contribution is 0.585. The molecule has 19 heavy (non-hydrogen) atoms. The van der Waals surface area contributed by atoms with E-state index >= 15 is 0 Å². The number of rotatable bonds is 5.